The molecular formula is C15H26N4O. The molecule has 1 aromatic heterocycles. The first-order valence-electron chi connectivity index (χ1n) is 7.58. The summed E-state index contributed by atoms with van der Waals surface area (Å²) in [4.78, 5) is 16.4. The highest BCUT2D eigenvalue weighted by atomic mass is 16.1. The van der Waals surface area contributed by atoms with Crippen LogP contribution in [-0.2, 0) is 4.79 Å². The third-order valence-corrected chi connectivity index (χ3v) is 4.32. The van der Waals surface area contributed by atoms with Crippen LogP contribution in [-0.4, -0.2) is 27.5 Å². The lowest BCUT2D eigenvalue weighted by atomic mass is 9.78. The second kappa shape index (κ2) is 5.95. The topological polar surface area (TPSA) is 72.9 Å². The molecule has 2 rings (SSSR count). The quantitative estimate of drug-likeness (QED) is 0.864. The Morgan fingerprint density at radius 1 is 1.65 bits per heavy atom. The second-order valence-electron chi connectivity index (χ2n) is 6.07. The van der Waals surface area contributed by atoms with Crippen LogP contribution >= 0.6 is 0 Å². The van der Waals surface area contributed by atoms with Crippen molar-refractivity contribution >= 4 is 5.91 Å². The van der Waals surface area contributed by atoms with E-state index in [0.29, 0.717) is 12.0 Å². The number of rotatable bonds is 5. The Balaban J connectivity index is 2.25. The fourth-order valence-electron chi connectivity index (χ4n) is 3.37. The van der Waals surface area contributed by atoms with E-state index in [1.807, 2.05) is 19.3 Å². The molecule has 0 bridgehead atoms. The minimum absolute atomic E-state index is 0.227. The molecule has 0 spiro atoms. The molecule has 20 heavy (non-hydrogen) atoms. The largest absolute Gasteiger partial charge is 0.368 e. The first kappa shape index (κ1) is 15.0. The first-order chi connectivity index (χ1) is 9.50. The van der Waals surface area contributed by atoms with Gasteiger partial charge in [0.2, 0.25) is 5.91 Å². The average molecular weight is 278 g/mol. The summed E-state index contributed by atoms with van der Waals surface area (Å²) >= 11 is 0. The Morgan fingerprint density at radius 2 is 2.40 bits per heavy atom. The number of aromatic nitrogens is 2. The van der Waals surface area contributed by atoms with Crippen molar-refractivity contribution in [1.82, 2.24) is 14.9 Å². The van der Waals surface area contributed by atoms with Gasteiger partial charge in [-0.05, 0) is 32.2 Å². The predicted molar refractivity (Wildman–Crippen MR) is 79.4 cm³/mol. The molecule has 1 fully saturated rings. The molecule has 112 valence electrons. The van der Waals surface area contributed by atoms with Gasteiger partial charge >= 0.3 is 0 Å². The number of nitrogens with two attached hydrogens (primary N) is 1. The lowest BCUT2D eigenvalue weighted by molar-refractivity contribution is -0.126. The zero-order valence-corrected chi connectivity index (χ0v) is 12.7. The highest BCUT2D eigenvalue weighted by Gasteiger charge is 2.41. The number of primary amides is 1. The monoisotopic (exact) mass is 278 g/mol. The van der Waals surface area contributed by atoms with Crippen LogP contribution in [0.1, 0.15) is 64.2 Å². The van der Waals surface area contributed by atoms with Crippen molar-refractivity contribution in [2.24, 2.45) is 5.73 Å². The molecule has 5 nitrogen and oxygen atoms in total. The molecule has 2 atom stereocenters. The lowest BCUT2D eigenvalue weighted by Crippen LogP contribution is -2.58. The first-order valence-corrected chi connectivity index (χ1v) is 7.58. The van der Waals surface area contributed by atoms with Gasteiger partial charge in [0, 0.05) is 24.4 Å². The summed E-state index contributed by atoms with van der Waals surface area (Å²) in [5.41, 5.74) is 5.12. The number of amides is 1. The van der Waals surface area contributed by atoms with E-state index in [0.717, 1.165) is 38.1 Å². The van der Waals surface area contributed by atoms with Crippen LogP contribution in [0.15, 0.2) is 12.4 Å². The number of carbonyl (C=O) groups excluding carboxylic acids is 1. The molecule has 1 aromatic rings. The SMILES string of the molecule is CCNC1(C(N)=O)CCCC(n2ccnc2C(C)C)C1. The van der Waals surface area contributed by atoms with E-state index < -0.39 is 5.54 Å². The van der Waals surface area contributed by atoms with Crippen molar-refractivity contribution in [3.63, 3.8) is 0 Å². The summed E-state index contributed by atoms with van der Waals surface area (Å²) in [6, 6.07) is 0.301. The van der Waals surface area contributed by atoms with E-state index in [1.54, 1.807) is 0 Å². The normalized spacial score (nSPS) is 26.9. The summed E-state index contributed by atoms with van der Waals surface area (Å²) in [7, 11) is 0. The van der Waals surface area contributed by atoms with Crippen LogP contribution in [0.3, 0.4) is 0 Å². The van der Waals surface area contributed by atoms with Gasteiger partial charge in [0.05, 0.1) is 5.54 Å². The van der Waals surface area contributed by atoms with E-state index >= 15 is 0 Å². The molecule has 0 saturated heterocycles. The van der Waals surface area contributed by atoms with Gasteiger partial charge in [-0.2, -0.15) is 0 Å². The molecule has 2 unspecified atom stereocenters. The summed E-state index contributed by atoms with van der Waals surface area (Å²) in [5, 5.41) is 3.33. The number of likely N-dealkylation sites (N-methyl/N-ethyl adjacent to an activating group) is 1. The third-order valence-electron chi connectivity index (χ3n) is 4.32. The molecule has 1 aliphatic rings. The van der Waals surface area contributed by atoms with Gasteiger partial charge in [-0.25, -0.2) is 4.98 Å². The van der Waals surface area contributed by atoms with Crippen molar-refractivity contribution in [2.45, 2.75) is 64.0 Å². The van der Waals surface area contributed by atoms with Crippen molar-refractivity contribution < 1.29 is 4.79 Å². The van der Waals surface area contributed by atoms with E-state index in [-0.39, 0.29) is 5.91 Å². The Bertz CT molecular complexity index is 464. The maximum Gasteiger partial charge on any atom is 0.237 e. The van der Waals surface area contributed by atoms with Crippen molar-refractivity contribution in [1.29, 1.82) is 0 Å². The van der Waals surface area contributed by atoms with E-state index in [1.165, 1.54) is 0 Å². The molecule has 0 aliphatic heterocycles. The van der Waals surface area contributed by atoms with Crippen LogP contribution in [0.4, 0.5) is 0 Å². The highest BCUT2D eigenvalue weighted by molar-refractivity contribution is 5.84. The maximum atomic E-state index is 11.9. The number of carbonyl (C=O) groups is 1. The van der Waals surface area contributed by atoms with Gasteiger partial charge < -0.3 is 15.6 Å². The molecule has 0 aromatic carbocycles. The second-order valence-corrected chi connectivity index (χ2v) is 6.07. The fraction of sp³-hybridized carbons (Fsp3) is 0.733. The lowest BCUT2D eigenvalue weighted by Gasteiger charge is -2.40. The Morgan fingerprint density at radius 3 is 3.00 bits per heavy atom. The third kappa shape index (κ3) is 2.73. The Hall–Kier alpha value is -1.36. The number of hydrogen-bond acceptors (Lipinski definition) is 3. The van der Waals surface area contributed by atoms with Crippen LogP contribution in [0.5, 0.6) is 0 Å². The fourth-order valence-corrected chi connectivity index (χ4v) is 3.37. The van der Waals surface area contributed by atoms with Crippen LogP contribution in [0.2, 0.25) is 0 Å². The number of imidazole rings is 1. The number of hydrogen-bond donors (Lipinski definition) is 2. The van der Waals surface area contributed by atoms with E-state index in [4.69, 9.17) is 5.73 Å². The molecule has 5 heteroatoms. The number of nitrogens with zero attached hydrogens (tertiary/aromatic N) is 2. The Labute approximate surface area is 120 Å². The van der Waals surface area contributed by atoms with Gasteiger partial charge in [-0.3, -0.25) is 4.79 Å². The zero-order valence-electron chi connectivity index (χ0n) is 12.7. The average Bonchev–Trinajstić information content (AvgIpc) is 2.88. The molecule has 1 heterocycles. The van der Waals surface area contributed by atoms with Gasteiger partial charge in [-0.15, -0.1) is 0 Å². The van der Waals surface area contributed by atoms with Crippen LogP contribution in [0, 0.1) is 0 Å². The molecule has 3 N–H and O–H groups in total. The van der Waals surface area contributed by atoms with Gasteiger partial charge in [0.15, 0.2) is 0 Å². The molecule has 0 radical (unpaired) electrons. The minimum atomic E-state index is -0.559. The van der Waals surface area contributed by atoms with Crippen molar-refractivity contribution in [3.05, 3.63) is 18.2 Å². The summed E-state index contributed by atoms with van der Waals surface area (Å²) < 4.78 is 2.23. The molecule has 1 saturated carbocycles. The number of nitrogens with one attached hydrogen (secondary N) is 1. The minimum Gasteiger partial charge on any atom is -0.368 e. The van der Waals surface area contributed by atoms with Crippen molar-refractivity contribution in [2.75, 3.05) is 6.54 Å². The zero-order chi connectivity index (χ0) is 14.8. The van der Waals surface area contributed by atoms with Crippen LogP contribution in [0.25, 0.3) is 0 Å². The van der Waals surface area contributed by atoms with Gasteiger partial charge in [0.1, 0.15) is 5.82 Å². The van der Waals surface area contributed by atoms with Crippen molar-refractivity contribution in [3.8, 4) is 0 Å². The summed E-state index contributed by atoms with van der Waals surface area (Å²) in [6.45, 7) is 7.07. The summed E-state index contributed by atoms with van der Waals surface area (Å²) in [5.74, 6) is 1.25. The van der Waals surface area contributed by atoms with Gasteiger partial charge in [-0.1, -0.05) is 20.8 Å². The van der Waals surface area contributed by atoms with E-state index in [9.17, 15) is 4.79 Å². The van der Waals surface area contributed by atoms with Crippen LogP contribution < -0.4 is 11.1 Å². The maximum absolute atomic E-state index is 11.9. The highest BCUT2D eigenvalue weighted by Crippen LogP contribution is 2.36. The smallest absolute Gasteiger partial charge is 0.237 e. The standard InChI is InChI=1S/C15H26N4O/c1-4-18-15(14(16)20)7-5-6-12(10-15)19-9-8-17-13(19)11(2)3/h8-9,11-12,18H,4-7,10H2,1-3H3,(H2,16,20). The molecule has 1 amide bonds. The van der Waals surface area contributed by atoms with Gasteiger partial charge in [0.25, 0.3) is 0 Å². The van der Waals surface area contributed by atoms with E-state index in [2.05, 4.69) is 28.7 Å². The molecule has 1 aliphatic carbocycles. The predicted octanol–water partition coefficient (Wildman–Crippen LogP) is 1.96. The Kier molecular flexibility index (Phi) is 4.48. The summed E-state index contributed by atoms with van der Waals surface area (Å²) in [6.07, 6.45) is 7.56. The molecular weight excluding hydrogens is 252 g/mol.